The zero-order chi connectivity index (χ0) is 14.4. The number of benzene rings is 1. The summed E-state index contributed by atoms with van der Waals surface area (Å²) < 4.78 is 19.0. The second-order valence-corrected chi connectivity index (χ2v) is 5.62. The van der Waals surface area contributed by atoms with Gasteiger partial charge in [-0.2, -0.15) is 0 Å². The zero-order valence-electron chi connectivity index (χ0n) is 12.2. The van der Waals surface area contributed by atoms with Gasteiger partial charge in [0.25, 0.3) is 0 Å². The summed E-state index contributed by atoms with van der Waals surface area (Å²) >= 11 is 0. The van der Waals surface area contributed by atoms with Crippen molar-refractivity contribution in [2.75, 3.05) is 7.11 Å². The van der Waals surface area contributed by atoms with E-state index in [2.05, 4.69) is 0 Å². The van der Waals surface area contributed by atoms with Gasteiger partial charge in [-0.25, -0.2) is 4.39 Å². The molecule has 0 amide bonds. The first-order valence-electron chi connectivity index (χ1n) is 7.56. The highest BCUT2D eigenvalue weighted by Gasteiger charge is 2.21. The summed E-state index contributed by atoms with van der Waals surface area (Å²) in [6.45, 7) is 0. The molecule has 1 aliphatic carbocycles. The van der Waals surface area contributed by atoms with E-state index in [9.17, 15) is 9.18 Å². The van der Waals surface area contributed by atoms with Crippen LogP contribution in [0.4, 0.5) is 4.39 Å². The van der Waals surface area contributed by atoms with Gasteiger partial charge in [0.2, 0.25) is 0 Å². The Balaban J connectivity index is 2.03. The molecule has 0 heterocycles. The molecule has 0 N–H and O–H groups in total. The van der Waals surface area contributed by atoms with Crippen LogP contribution in [-0.4, -0.2) is 12.9 Å². The lowest BCUT2D eigenvalue weighted by Gasteiger charge is -2.18. The molecule has 0 radical (unpaired) electrons. The number of Topliss-reactive ketones (excluding diaryl/α,β-unsaturated/α-hetero) is 1. The third-order valence-electron chi connectivity index (χ3n) is 4.19. The van der Waals surface area contributed by atoms with Gasteiger partial charge in [-0.1, -0.05) is 44.2 Å². The van der Waals surface area contributed by atoms with Crippen molar-refractivity contribution in [1.82, 2.24) is 0 Å². The van der Waals surface area contributed by atoms with Gasteiger partial charge in [-0.15, -0.1) is 0 Å². The molecule has 1 fully saturated rings. The molecular weight excluding hydrogens is 255 g/mol. The van der Waals surface area contributed by atoms with E-state index in [0.717, 1.165) is 25.7 Å². The van der Waals surface area contributed by atoms with Crippen LogP contribution in [0.1, 0.15) is 50.5 Å². The topological polar surface area (TPSA) is 26.3 Å². The third kappa shape index (κ3) is 3.81. The summed E-state index contributed by atoms with van der Waals surface area (Å²) in [6, 6.07) is 5.00. The minimum absolute atomic E-state index is 0.112. The number of ether oxygens (including phenoxy) is 1. The summed E-state index contributed by atoms with van der Waals surface area (Å²) in [5.74, 6) is 0.113. The second-order valence-electron chi connectivity index (χ2n) is 5.62. The lowest BCUT2D eigenvalue weighted by Crippen LogP contribution is -2.18. The van der Waals surface area contributed by atoms with Gasteiger partial charge in [-0.05, 0) is 24.5 Å². The van der Waals surface area contributed by atoms with Gasteiger partial charge in [0.15, 0.2) is 11.6 Å². The standard InChI is InChI=1S/C17H23FO2/c1-20-16-11-7-10-14(17(16)18)12-15(19)13-8-5-3-2-4-6-9-13/h7,10-11,13H,2-6,8-9,12H2,1H3. The van der Waals surface area contributed by atoms with Crippen molar-refractivity contribution in [2.45, 2.75) is 51.4 Å². The molecule has 0 bridgehead atoms. The number of carbonyl (C=O) groups excluding carboxylic acids is 1. The number of rotatable bonds is 4. The molecule has 2 rings (SSSR count). The summed E-state index contributed by atoms with van der Waals surface area (Å²) in [5, 5.41) is 0. The van der Waals surface area contributed by atoms with Gasteiger partial charge in [0.1, 0.15) is 5.78 Å². The number of hydrogen-bond donors (Lipinski definition) is 0. The Morgan fingerprint density at radius 2 is 1.85 bits per heavy atom. The van der Waals surface area contributed by atoms with E-state index < -0.39 is 5.82 Å². The van der Waals surface area contributed by atoms with E-state index >= 15 is 0 Å². The molecule has 20 heavy (non-hydrogen) atoms. The minimum atomic E-state index is -0.394. The van der Waals surface area contributed by atoms with Crippen LogP contribution in [-0.2, 0) is 11.2 Å². The number of halogens is 1. The van der Waals surface area contributed by atoms with Crippen LogP contribution < -0.4 is 4.74 Å². The van der Waals surface area contributed by atoms with Crippen LogP contribution in [0.2, 0.25) is 0 Å². The summed E-state index contributed by atoms with van der Waals surface area (Å²) in [5.41, 5.74) is 0.455. The Hall–Kier alpha value is -1.38. The van der Waals surface area contributed by atoms with Crippen molar-refractivity contribution in [1.29, 1.82) is 0 Å². The molecule has 2 nitrogen and oxygen atoms in total. The van der Waals surface area contributed by atoms with Crippen LogP contribution in [0.25, 0.3) is 0 Å². The second kappa shape index (κ2) is 7.41. The molecule has 0 spiro atoms. The van der Waals surface area contributed by atoms with E-state index in [4.69, 9.17) is 4.74 Å². The molecule has 0 atom stereocenters. The highest BCUT2D eigenvalue weighted by atomic mass is 19.1. The molecule has 1 aliphatic rings. The molecule has 1 aromatic rings. The van der Waals surface area contributed by atoms with Crippen molar-refractivity contribution in [2.24, 2.45) is 5.92 Å². The van der Waals surface area contributed by atoms with Gasteiger partial charge in [0.05, 0.1) is 7.11 Å². The first kappa shape index (κ1) is 15.0. The maximum absolute atomic E-state index is 14.1. The number of ketones is 1. The fraction of sp³-hybridized carbons (Fsp3) is 0.588. The Morgan fingerprint density at radius 1 is 1.20 bits per heavy atom. The fourth-order valence-corrected chi connectivity index (χ4v) is 2.96. The lowest BCUT2D eigenvalue weighted by molar-refractivity contribution is -0.122. The highest BCUT2D eigenvalue weighted by molar-refractivity contribution is 5.83. The average Bonchev–Trinajstić information content (AvgIpc) is 2.40. The predicted octanol–water partition coefficient (Wildman–Crippen LogP) is 4.31. The molecule has 0 aromatic heterocycles. The van der Waals surface area contributed by atoms with Gasteiger partial charge in [-0.3, -0.25) is 4.79 Å². The maximum atomic E-state index is 14.1. The highest BCUT2D eigenvalue weighted by Crippen LogP contribution is 2.26. The summed E-state index contributed by atoms with van der Waals surface area (Å²) in [4.78, 5) is 12.4. The largest absolute Gasteiger partial charge is 0.494 e. The SMILES string of the molecule is COc1cccc(CC(=O)C2CCCCCCC2)c1F. The van der Waals surface area contributed by atoms with Crippen LogP contribution in [0.3, 0.4) is 0 Å². The van der Waals surface area contributed by atoms with E-state index in [1.165, 1.54) is 26.4 Å². The predicted molar refractivity (Wildman–Crippen MR) is 77.5 cm³/mol. The van der Waals surface area contributed by atoms with E-state index in [1.807, 2.05) is 0 Å². The van der Waals surface area contributed by atoms with Gasteiger partial charge < -0.3 is 4.74 Å². The summed E-state index contributed by atoms with van der Waals surface area (Å²) in [7, 11) is 1.44. The molecule has 1 aromatic carbocycles. The Morgan fingerprint density at radius 3 is 2.50 bits per heavy atom. The van der Waals surface area contributed by atoms with E-state index in [1.54, 1.807) is 18.2 Å². The first-order valence-corrected chi connectivity index (χ1v) is 7.56. The normalized spacial score (nSPS) is 17.3. The van der Waals surface area contributed by atoms with Crippen molar-refractivity contribution < 1.29 is 13.9 Å². The molecule has 3 heteroatoms. The number of hydrogen-bond acceptors (Lipinski definition) is 2. The van der Waals surface area contributed by atoms with Crippen molar-refractivity contribution in [3.05, 3.63) is 29.6 Å². The molecular formula is C17H23FO2. The Bertz CT molecular complexity index is 448. The third-order valence-corrected chi connectivity index (χ3v) is 4.19. The van der Waals surface area contributed by atoms with Crippen molar-refractivity contribution in [3.8, 4) is 5.75 Å². The average molecular weight is 278 g/mol. The summed E-state index contributed by atoms with van der Waals surface area (Å²) in [6.07, 6.45) is 8.08. The lowest BCUT2D eigenvalue weighted by atomic mass is 9.86. The van der Waals surface area contributed by atoms with Crippen LogP contribution in [0, 0.1) is 11.7 Å². The van der Waals surface area contributed by atoms with Crippen molar-refractivity contribution >= 4 is 5.78 Å². The quantitative estimate of drug-likeness (QED) is 0.820. The Labute approximate surface area is 120 Å². The van der Waals surface area contributed by atoms with Crippen molar-refractivity contribution in [3.63, 3.8) is 0 Å². The number of carbonyl (C=O) groups is 1. The maximum Gasteiger partial charge on any atom is 0.168 e. The molecule has 0 unspecified atom stereocenters. The number of methoxy groups -OCH3 is 1. The van der Waals surface area contributed by atoms with E-state index in [0.29, 0.717) is 5.56 Å². The van der Waals surface area contributed by atoms with Crippen LogP contribution >= 0.6 is 0 Å². The van der Waals surface area contributed by atoms with Gasteiger partial charge >= 0.3 is 0 Å². The minimum Gasteiger partial charge on any atom is -0.494 e. The molecule has 1 saturated carbocycles. The van der Waals surface area contributed by atoms with Crippen LogP contribution in [0.5, 0.6) is 5.75 Å². The fourth-order valence-electron chi connectivity index (χ4n) is 2.96. The first-order chi connectivity index (χ1) is 9.72. The monoisotopic (exact) mass is 278 g/mol. The molecule has 0 aliphatic heterocycles. The zero-order valence-corrected chi connectivity index (χ0v) is 12.2. The Kier molecular flexibility index (Phi) is 5.57. The van der Waals surface area contributed by atoms with Gasteiger partial charge in [0, 0.05) is 12.3 Å². The molecule has 110 valence electrons. The van der Waals surface area contributed by atoms with Crippen LogP contribution in [0.15, 0.2) is 18.2 Å². The smallest absolute Gasteiger partial charge is 0.168 e. The molecule has 0 saturated heterocycles. The van der Waals surface area contributed by atoms with E-state index in [-0.39, 0.29) is 23.9 Å².